The van der Waals surface area contributed by atoms with Gasteiger partial charge in [-0.15, -0.1) is 0 Å². The second-order valence-corrected chi connectivity index (χ2v) is 3.57. The van der Waals surface area contributed by atoms with Crippen LogP contribution in [0.1, 0.15) is 44.9 Å². The summed E-state index contributed by atoms with van der Waals surface area (Å²) < 4.78 is 0. The van der Waals surface area contributed by atoms with Crippen molar-refractivity contribution in [1.29, 1.82) is 0 Å². The van der Waals surface area contributed by atoms with E-state index in [4.69, 9.17) is 0 Å². The molecule has 0 aromatic carbocycles. The van der Waals surface area contributed by atoms with E-state index in [0.717, 1.165) is 19.3 Å². The van der Waals surface area contributed by atoms with Crippen molar-refractivity contribution in [3.8, 4) is 0 Å². The molecule has 0 bridgehead atoms. The fourth-order valence-electron chi connectivity index (χ4n) is 2.19. The van der Waals surface area contributed by atoms with E-state index in [1.165, 1.54) is 36.8 Å². The first-order chi connectivity index (χ1) is 5.38. The molecule has 2 aliphatic carbocycles. The van der Waals surface area contributed by atoms with Crippen LogP contribution in [0.25, 0.3) is 0 Å². The van der Waals surface area contributed by atoms with E-state index >= 15 is 0 Å². The summed E-state index contributed by atoms with van der Waals surface area (Å²) in [6.45, 7) is 0. The van der Waals surface area contributed by atoms with Crippen LogP contribution in [0, 0.1) is 0 Å². The molecular weight excluding hydrogens is 136 g/mol. The van der Waals surface area contributed by atoms with Gasteiger partial charge in [-0.2, -0.15) is 0 Å². The number of carbonyl (C=O) groups excluding carboxylic acids is 1. The minimum absolute atomic E-state index is 0.446. The monoisotopic (exact) mass is 150 g/mol. The van der Waals surface area contributed by atoms with Crippen LogP contribution in [-0.4, -0.2) is 5.78 Å². The number of ketones is 1. The van der Waals surface area contributed by atoms with E-state index in [1.807, 2.05) is 0 Å². The molecule has 0 spiro atoms. The van der Waals surface area contributed by atoms with E-state index in [2.05, 4.69) is 0 Å². The van der Waals surface area contributed by atoms with Crippen molar-refractivity contribution in [2.75, 3.05) is 0 Å². The van der Waals surface area contributed by atoms with Crippen LogP contribution in [0.2, 0.25) is 0 Å². The maximum Gasteiger partial charge on any atom is 0.158 e. The van der Waals surface area contributed by atoms with Gasteiger partial charge in [-0.25, -0.2) is 0 Å². The zero-order valence-corrected chi connectivity index (χ0v) is 6.86. The Morgan fingerprint density at radius 1 is 0.818 bits per heavy atom. The predicted molar refractivity (Wildman–Crippen MR) is 44.4 cm³/mol. The summed E-state index contributed by atoms with van der Waals surface area (Å²) in [6.07, 6.45) is 8.05. The highest BCUT2D eigenvalue weighted by atomic mass is 16.1. The van der Waals surface area contributed by atoms with E-state index in [9.17, 15) is 4.79 Å². The molecule has 1 nitrogen and oxygen atoms in total. The third kappa shape index (κ3) is 1.24. The van der Waals surface area contributed by atoms with Gasteiger partial charge in [0.15, 0.2) is 5.78 Å². The molecule has 2 fully saturated rings. The van der Waals surface area contributed by atoms with E-state index in [-0.39, 0.29) is 0 Å². The summed E-state index contributed by atoms with van der Waals surface area (Å²) in [5, 5.41) is 0. The van der Waals surface area contributed by atoms with Crippen LogP contribution in [0.5, 0.6) is 0 Å². The molecule has 0 unspecified atom stereocenters. The summed E-state index contributed by atoms with van der Waals surface area (Å²) in [4.78, 5) is 11.3. The Morgan fingerprint density at radius 2 is 1.55 bits per heavy atom. The van der Waals surface area contributed by atoms with Gasteiger partial charge in [0.25, 0.3) is 0 Å². The predicted octanol–water partition coefficient (Wildman–Crippen LogP) is 2.61. The van der Waals surface area contributed by atoms with Crippen LogP contribution in [0.3, 0.4) is 0 Å². The lowest BCUT2D eigenvalue weighted by atomic mass is 10.1. The van der Waals surface area contributed by atoms with E-state index in [1.54, 1.807) is 0 Å². The lowest BCUT2D eigenvalue weighted by Gasteiger charge is -1.99. The molecule has 0 amide bonds. The first kappa shape index (κ1) is 7.08. The molecule has 0 radical (unpaired) electrons. The van der Waals surface area contributed by atoms with E-state index in [0.29, 0.717) is 5.78 Å². The maximum atomic E-state index is 11.3. The van der Waals surface area contributed by atoms with Crippen molar-refractivity contribution < 1.29 is 4.79 Å². The Balaban J connectivity index is 2.23. The van der Waals surface area contributed by atoms with Gasteiger partial charge >= 0.3 is 0 Å². The van der Waals surface area contributed by atoms with Crippen LogP contribution < -0.4 is 0 Å². The normalized spacial score (nSPS) is 25.3. The standard InChI is InChI=1S/C10H14O/c11-10-7-3-6-9(10)8-4-1-2-5-8/h1-7H2. The molecule has 60 valence electrons. The number of hydrogen-bond acceptors (Lipinski definition) is 1. The lowest BCUT2D eigenvalue weighted by molar-refractivity contribution is -0.114. The van der Waals surface area contributed by atoms with Crippen LogP contribution in [0.4, 0.5) is 0 Å². The lowest BCUT2D eigenvalue weighted by Crippen LogP contribution is -1.94. The van der Waals surface area contributed by atoms with Gasteiger partial charge in [0.1, 0.15) is 0 Å². The van der Waals surface area contributed by atoms with Crippen LogP contribution in [-0.2, 0) is 4.79 Å². The Bertz CT molecular complexity index is 205. The number of carbonyl (C=O) groups is 1. The minimum Gasteiger partial charge on any atom is -0.295 e. The third-order valence-corrected chi connectivity index (χ3v) is 2.80. The first-order valence-corrected chi connectivity index (χ1v) is 4.62. The zero-order valence-electron chi connectivity index (χ0n) is 6.86. The van der Waals surface area contributed by atoms with Crippen molar-refractivity contribution in [3.05, 3.63) is 11.1 Å². The third-order valence-electron chi connectivity index (χ3n) is 2.80. The molecule has 0 atom stereocenters. The Morgan fingerprint density at radius 3 is 2.09 bits per heavy atom. The van der Waals surface area contributed by atoms with Crippen molar-refractivity contribution in [1.82, 2.24) is 0 Å². The number of rotatable bonds is 0. The summed E-state index contributed by atoms with van der Waals surface area (Å²) >= 11 is 0. The highest BCUT2D eigenvalue weighted by molar-refractivity contribution is 5.98. The Hall–Kier alpha value is -0.590. The fraction of sp³-hybridized carbons (Fsp3) is 0.700. The van der Waals surface area contributed by atoms with Crippen molar-refractivity contribution in [2.24, 2.45) is 0 Å². The maximum absolute atomic E-state index is 11.3. The minimum atomic E-state index is 0.446. The average molecular weight is 150 g/mol. The molecule has 0 aromatic rings. The highest BCUT2D eigenvalue weighted by Crippen LogP contribution is 2.33. The van der Waals surface area contributed by atoms with Crippen molar-refractivity contribution in [2.45, 2.75) is 44.9 Å². The van der Waals surface area contributed by atoms with Gasteiger partial charge in [0.2, 0.25) is 0 Å². The SMILES string of the molecule is O=C1CCCC1=C1CCCC1. The second kappa shape index (κ2) is 2.80. The first-order valence-electron chi connectivity index (χ1n) is 4.62. The quantitative estimate of drug-likeness (QED) is 0.485. The summed E-state index contributed by atoms with van der Waals surface area (Å²) in [5.74, 6) is 0.446. The van der Waals surface area contributed by atoms with Gasteiger partial charge in [0, 0.05) is 6.42 Å². The smallest absolute Gasteiger partial charge is 0.158 e. The number of Topliss-reactive ketones (excluding diaryl/α,β-unsaturated/α-hetero) is 1. The topological polar surface area (TPSA) is 17.1 Å². The molecule has 2 rings (SSSR count). The Labute approximate surface area is 67.5 Å². The van der Waals surface area contributed by atoms with Crippen LogP contribution in [0.15, 0.2) is 11.1 Å². The molecule has 0 heterocycles. The highest BCUT2D eigenvalue weighted by Gasteiger charge is 2.22. The fourth-order valence-corrected chi connectivity index (χ4v) is 2.19. The second-order valence-electron chi connectivity index (χ2n) is 3.57. The molecule has 0 N–H and O–H groups in total. The molecule has 1 heteroatoms. The molecular formula is C10H14O. The van der Waals surface area contributed by atoms with Crippen molar-refractivity contribution in [3.63, 3.8) is 0 Å². The molecule has 0 saturated heterocycles. The largest absolute Gasteiger partial charge is 0.295 e. The average Bonchev–Trinajstić information content (AvgIpc) is 2.55. The zero-order chi connectivity index (χ0) is 7.68. The summed E-state index contributed by atoms with van der Waals surface area (Å²) in [5.41, 5.74) is 2.70. The number of hydrogen-bond donors (Lipinski definition) is 0. The summed E-state index contributed by atoms with van der Waals surface area (Å²) in [6, 6.07) is 0. The van der Waals surface area contributed by atoms with Gasteiger partial charge in [-0.3, -0.25) is 4.79 Å². The molecule has 2 aliphatic rings. The van der Waals surface area contributed by atoms with Crippen molar-refractivity contribution >= 4 is 5.78 Å². The van der Waals surface area contributed by atoms with Gasteiger partial charge in [0.05, 0.1) is 0 Å². The summed E-state index contributed by atoms with van der Waals surface area (Å²) in [7, 11) is 0. The van der Waals surface area contributed by atoms with Gasteiger partial charge < -0.3 is 0 Å². The molecule has 0 aromatic heterocycles. The molecule has 2 saturated carbocycles. The number of allylic oxidation sites excluding steroid dienone is 2. The van der Waals surface area contributed by atoms with Gasteiger partial charge in [-0.05, 0) is 44.1 Å². The van der Waals surface area contributed by atoms with E-state index < -0.39 is 0 Å². The van der Waals surface area contributed by atoms with Crippen LogP contribution >= 0.6 is 0 Å². The van der Waals surface area contributed by atoms with Gasteiger partial charge in [-0.1, -0.05) is 5.57 Å². The molecule has 11 heavy (non-hydrogen) atoms. The Kier molecular flexibility index (Phi) is 1.80. The molecule has 0 aliphatic heterocycles.